The molecule has 0 saturated carbocycles. The number of benzene rings is 2. The molecule has 0 spiro atoms. The van der Waals surface area contributed by atoms with E-state index in [2.05, 4.69) is 5.32 Å². The van der Waals surface area contributed by atoms with Crippen molar-refractivity contribution in [1.29, 1.82) is 0 Å². The van der Waals surface area contributed by atoms with Gasteiger partial charge in [0, 0.05) is 6.04 Å². The van der Waals surface area contributed by atoms with Crippen LogP contribution in [0.15, 0.2) is 48.5 Å². The zero-order valence-electron chi connectivity index (χ0n) is 18.6. The monoisotopic (exact) mass is 523 g/mol. The Morgan fingerprint density at radius 2 is 1.60 bits per heavy atom. The summed E-state index contributed by atoms with van der Waals surface area (Å²) in [4.78, 5) is 12.4. The number of methoxy groups -OCH3 is 1. The number of carbonyl (C=O) groups excluding carboxylic acids is 1. The molecule has 192 valence electrons. The van der Waals surface area contributed by atoms with Crippen molar-refractivity contribution in [3.05, 3.63) is 70.8 Å². The first-order valence-corrected chi connectivity index (χ1v) is 10.7. The molecule has 4 nitrogen and oxygen atoms in total. The van der Waals surface area contributed by atoms with Crippen molar-refractivity contribution in [2.24, 2.45) is 5.92 Å². The van der Waals surface area contributed by atoms with Gasteiger partial charge in [-0.15, -0.1) is 12.4 Å². The largest absolute Gasteiger partial charge is 0.469 e. The second-order valence-corrected chi connectivity index (χ2v) is 8.71. The van der Waals surface area contributed by atoms with E-state index in [1.165, 1.54) is 7.11 Å². The molecule has 0 amide bonds. The molecule has 2 saturated heterocycles. The van der Waals surface area contributed by atoms with Crippen molar-refractivity contribution in [2.75, 3.05) is 7.11 Å². The minimum Gasteiger partial charge on any atom is -0.469 e. The molecule has 0 radical (unpaired) electrons. The van der Waals surface area contributed by atoms with Crippen molar-refractivity contribution >= 4 is 18.4 Å². The van der Waals surface area contributed by atoms with Gasteiger partial charge in [0.25, 0.3) is 0 Å². The fourth-order valence-corrected chi connectivity index (χ4v) is 5.10. The Bertz CT molecular complexity index is 1010. The molecule has 4 atom stereocenters. The second kappa shape index (κ2) is 9.99. The van der Waals surface area contributed by atoms with Gasteiger partial charge < -0.3 is 14.8 Å². The van der Waals surface area contributed by atoms with Crippen LogP contribution in [0.25, 0.3) is 0 Å². The van der Waals surface area contributed by atoms with E-state index in [1.54, 1.807) is 0 Å². The van der Waals surface area contributed by atoms with Gasteiger partial charge in [-0.25, -0.2) is 0 Å². The van der Waals surface area contributed by atoms with E-state index < -0.39 is 47.6 Å². The molecule has 2 aliphatic rings. The van der Waals surface area contributed by atoms with Crippen LogP contribution in [-0.4, -0.2) is 25.2 Å². The molecular weight excluding hydrogens is 500 g/mol. The standard InChI is InChI=1S/C24H23F6NO3.ClH/c1-33-21(32)18-12-22(15-5-3-2-4-6-15)20(8-7-19(18)31-22)34-13-14-9-16(23(25,26)27)11-17(10-14)24(28,29)30;/h2-6,9-11,18-20,31H,7-8,12-13H2,1H3;1H. The van der Waals surface area contributed by atoms with Crippen LogP contribution in [0.5, 0.6) is 0 Å². The Balaban J connectivity index is 0.00000342. The Morgan fingerprint density at radius 1 is 1.00 bits per heavy atom. The Hall–Kier alpha value is -2.30. The maximum Gasteiger partial charge on any atom is 0.416 e. The SMILES string of the molecule is COC(=O)C1CC2(c3ccccc3)NC1CCC2OCc1cc(C(F)(F)F)cc(C(F)(F)F)c1.Cl. The van der Waals surface area contributed by atoms with Crippen LogP contribution in [0.1, 0.15) is 41.5 Å². The summed E-state index contributed by atoms with van der Waals surface area (Å²) in [5.74, 6) is -0.812. The number of carbonyl (C=O) groups is 1. The number of hydrogen-bond acceptors (Lipinski definition) is 4. The van der Waals surface area contributed by atoms with Gasteiger partial charge >= 0.3 is 18.3 Å². The molecule has 2 aromatic rings. The van der Waals surface area contributed by atoms with Crippen molar-refractivity contribution in [1.82, 2.24) is 5.32 Å². The van der Waals surface area contributed by atoms with Gasteiger partial charge in [-0.1, -0.05) is 30.3 Å². The van der Waals surface area contributed by atoms with Gasteiger partial charge in [0.2, 0.25) is 0 Å². The normalized spacial score (nSPS) is 26.2. The highest BCUT2D eigenvalue weighted by Crippen LogP contribution is 2.48. The smallest absolute Gasteiger partial charge is 0.416 e. The van der Waals surface area contributed by atoms with Crippen LogP contribution in [0.4, 0.5) is 26.3 Å². The summed E-state index contributed by atoms with van der Waals surface area (Å²) in [7, 11) is 1.31. The Morgan fingerprint density at radius 3 is 2.14 bits per heavy atom. The molecule has 2 bridgehead atoms. The number of halogens is 7. The number of alkyl halides is 6. The fraction of sp³-hybridized carbons (Fsp3) is 0.458. The first-order chi connectivity index (χ1) is 15.9. The third-order valence-electron chi connectivity index (χ3n) is 6.65. The van der Waals surface area contributed by atoms with Crippen LogP contribution in [0, 0.1) is 5.92 Å². The average molecular weight is 524 g/mol. The van der Waals surface area contributed by atoms with E-state index >= 15 is 0 Å². The molecule has 4 unspecified atom stereocenters. The molecule has 35 heavy (non-hydrogen) atoms. The topological polar surface area (TPSA) is 47.6 Å². The lowest BCUT2D eigenvalue weighted by molar-refractivity contribution is -0.146. The molecular formula is C24H24ClF6NO3. The van der Waals surface area contributed by atoms with Crippen molar-refractivity contribution in [2.45, 2.75) is 55.9 Å². The minimum absolute atomic E-state index is 0. The lowest BCUT2D eigenvalue weighted by Gasteiger charge is -2.42. The summed E-state index contributed by atoms with van der Waals surface area (Å²) >= 11 is 0. The summed E-state index contributed by atoms with van der Waals surface area (Å²) in [5.41, 5.74) is -2.98. The number of rotatable bonds is 5. The van der Waals surface area contributed by atoms with Gasteiger partial charge in [0.15, 0.2) is 0 Å². The van der Waals surface area contributed by atoms with Crippen LogP contribution in [0.2, 0.25) is 0 Å². The van der Waals surface area contributed by atoms with Crippen LogP contribution >= 0.6 is 12.4 Å². The molecule has 4 rings (SSSR count). The van der Waals surface area contributed by atoms with E-state index in [1.807, 2.05) is 30.3 Å². The summed E-state index contributed by atoms with van der Waals surface area (Å²) in [6, 6.07) is 10.5. The predicted octanol–water partition coefficient (Wildman–Crippen LogP) is 5.87. The maximum absolute atomic E-state index is 13.2. The molecule has 2 heterocycles. The average Bonchev–Trinajstić information content (AvgIpc) is 3.11. The zero-order chi connectivity index (χ0) is 24.7. The predicted molar refractivity (Wildman–Crippen MR) is 117 cm³/mol. The van der Waals surface area contributed by atoms with Gasteiger partial charge in [0.1, 0.15) is 0 Å². The minimum atomic E-state index is -4.93. The first kappa shape index (κ1) is 27.3. The van der Waals surface area contributed by atoms with E-state index in [-0.39, 0.29) is 36.0 Å². The van der Waals surface area contributed by atoms with Crippen LogP contribution in [-0.2, 0) is 38.8 Å². The number of piperidine rings is 1. The summed E-state index contributed by atoms with van der Waals surface area (Å²) in [6.45, 7) is -0.443. The first-order valence-electron chi connectivity index (χ1n) is 10.7. The number of hydrogen-bond donors (Lipinski definition) is 1. The van der Waals surface area contributed by atoms with Gasteiger partial charge in [-0.2, -0.15) is 26.3 Å². The highest BCUT2D eigenvalue weighted by molar-refractivity contribution is 5.85. The molecule has 2 aliphatic heterocycles. The Labute approximate surface area is 204 Å². The summed E-state index contributed by atoms with van der Waals surface area (Å²) in [5, 5.41) is 3.46. The zero-order valence-corrected chi connectivity index (χ0v) is 19.4. The number of nitrogens with one attached hydrogen (secondary N) is 1. The molecule has 2 aromatic carbocycles. The fourth-order valence-electron chi connectivity index (χ4n) is 5.10. The maximum atomic E-state index is 13.2. The molecule has 11 heteroatoms. The third kappa shape index (κ3) is 5.44. The van der Waals surface area contributed by atoms with Crippen molar-refractivity contribution in [3.8, 4) is 0 Å². The lowest BCUT2D eigenvalue weighted by atomic mass is 9.80. The number of ether oxygens (including phenoxy) is 2. The highest BCUT2D eigenvalue weighted by Gasteiger charge is 2.56. The van der Waals surface area contributed by atoms with Crippen molar-refractivity contribution in [3.63, 3.8) is 0 Å². The van der Waals surface area contributed by atoms with Crippen LogP contribution < -0.4 is 5.32 Å². The van der Waals surface area contributed by atoms with Crippen molar-refractivity contribution < 1.29 is 40.6 Å². The molecule has 2 fully saturated rings. The van der Waals surface area contributed by atoms with E-state index in [4.69, 9.17) is 9.47 Å². The van der Waals surface area contributed by atoms with Gasteiger partial charge in [0.05, 0.1) is 42.4 Å². The molecule has 1 N–H and O–H groups in total. The lowest BCUT2D eigenvalue weighted by Crippen LogP contribution is -2.54. The quantitative estimate of drug-likeness (QED) is 0.393. The number of esters is 1. The Kier molecular flexibility index (Phi) is 7.79. The van der Waals surface area contributed by atoms with E-state index in [0.717, 1.165) is 5.56 Å². The van der Waals surface area contributed by atoms with E-state index in [0.29, 0.717) is 31.4 Å². The molecule has 0 aromatic heterocycles. The molecule has 0 aliphatic carbocycles. The summed E-state index contributed by atoms with van der Waals surface area (Å²) in [6.07, 6.45) is -9.07. The van der Waals surface area contributed by atoms with Gasteiger partial charge in [-0.05, 0) is 48.6 Å². The van der Waals surface area contributed by atoms with Crippen LogP contribution in [0.3, 0.4) is 0 Å². The number of fused-ring (bicyclic) bond motifs is 2. The third-order valence-corrected chi connectivity index (χ3v) is 6.65. The summed E-state index contributed by atoms with van der Waals surface area (Å²) < 4.78 is 90.3. The second-order valence-electron chi connectivity index (χ2n) is 8.71. The highest BCUT2D eigenvalue weighted by atomic mass is 35.5. The van der Waals surface area contributed by atoms with Gasteiger partial charge in [-0.3, -0.25) is 4.79 Å². The van der Waals surface area contributed by atoms with E-state index in [9.17, 15) is 31.1 Å².